The second-order valence-corrected chi connectivity index (χ2v) is 6.33. The van der Waals surface area contributed by atoms with E-state index in [1.54, 1.807) is 7.11 Å². The molecule has 2 fully saturated rings. The summed E-state index contributed by atoms with van der Waals surface area (Å²) >= 11 is 0. The van der Waals surface area contributed by atoms with Gasteiger partial charge < -0.3 is 24.6 Å². The zero-order chi connectivity index (χ0) is 16.8. The van der Waals surface area contributed by atoms with Crippen molar-refractivity contribution < 1.29 is 14.3 Å². The summed E-state index contributed by atoms with van der Waals surface area (Å²) in [6.45, 7) is 5.34. The number of nitrogens with one attached hydrogen (secondary N) is 1. The van der Waals surface area contributed by atoms with Crippen molar-refractivity contribution in [1.82, 2.24) is 10.2 Å². The van der Waals surface area contributed by atoms with Crippen molar-refractivity contribution in [2.45, 2.75) is 18.9 Å². The van der Waals surface area contributed by atoms with Crippen LogP contribution < -0.4 is 15.0 Å². The lowest BCUT2D eigenvalue weighted by molar-refractivity contribution is -0.139. The molecular weight excluding hydrogens is 306 g/mol. The summed E-state index contributed by atoms with van der Waals surface area (Å²) in [5.41, 5.74) is 1.15. The Morgan fingerprint density at radius 1 is 1.21 bits per heavy atom. The van der Waals surface area contributed by atoms with Gasteiger partial charge in [-0.25, -0.2) is 0 Å². The molecule has 2 aliphatic rings. The maximum atomic E-state index is 12.3. The number of carbonyl (C=O) groups excluding carboxylic acids is 1. The molecule has 0 radical (unpaired) electrons. The number of hydrogen-bond donors (Lipinski definition) is 1. The largest absolute Gasteiger partial charge is 0.497 e. The molecule has 0 saturated carbocycles. The number of piperidine rings is 1. The minimum absolute atomic E-state index is 0.110. The Bertz CT molecular complexity index is 538. The third kappa shape index (κ3) is 4.39. The van der Waals surface area contributed by atoms with E-state index in [1.807, 2.05) is 23.1 Å². The van der Waals surface area contributed by atoms with Gasteiger partial charge in [0.15, 0.2) is 0 Å². The zero-order valence-corrected chi connectivity index (χ0v) is 14.4. The van der Waals surface area contributed by atoms with Crippen molar-refractivity contribution in [2.24, 2.45) is 0 Å². The molecule has 3 rings (SSSR count). The van der Waals surface area contributed by atoms with Crippen LogP contribution in [0, 0.1) is 0 Å². The lowest BCUT2D eigenvalue weighted by Crippen LogP contribution is -2.50. The molecule has 1 aromatic carbocycles. The maximum Gasteiger partial charge on any atom is 0.248 e. The van der Waals surface area contributed by atoms with Crippen LogP contribution in [-0.4, -0.2) is 69.9 Å². The lowest BCUT2D eigenvalue weighted by atomic mass is 10.1. The molecule has 24 heavy (non-hydrogen) atoms. The fourth-order valence-electron chi connectivity index (χ4n) is 3.26. The molecule has 1 aromatic rings. The number of carbonyl (C=O) groups is 1. The van der Waals surface area contributed by atoms with Crippen molar-refractivity contribution in [2.75, 3.05) is 57.9 Å². The minimum Gasteiger partial charge on any atom is -0.497 e. The number of hydrogen-bond acceptors (Lipinski definition) is 5. The van der Waals surface area contributed by atoms with Crippen LogP contribution in [0.3, 0.4) is 0 Å². The second-order valence-electron chi connectivity index (χ2n) is 6.33. The Balaban J connectivity index is 1.44. The minimum atomic E-state index is 0.110. The summed E-state index contributed by atoms with van der Waals surface area (Å²) in [6.07, 6.45) is 2.22. The highest BCUT2D eigenvalue weighted by Crippen LogP contribution is 2.22. The predicted octanol–water partition coefficient (Wildman–Crippen LogP) is 1.11. The van der Waals surface area contributed by atoms with Gasteiger partial charge in [-0.3, -0.25) is 4.79 Å². The van der Waals surface area contributed by atoms with Gasteiger partial charge >= 0.3 is 0 Å². The van der Waals surface area contributed by atoms with Crippen LogP contribution in [0.2, 0.25) is 0 Å². The molecule has 2 aliphatic heterocycles. The molecule has 0 spiro atoms. The number of piperazine rings is 1. The molecule has 2 heterocycles. The predicted molar refractivity (Wildman–Crippen MR) is 93.6 cm³/mol. The first-order valence-electron chi connectivity index (χ1n) is 8.75. The number of ether oxygens (including phenoxy) is 2. The summed E-state index contributed by atoms with van der Waals surface area (Å²) in [4.78, 5) is 16.5. The van der Waals surface area contributed by atoms with Gasteiger partial charge in [0, 0.05) is 37.9 Å². The number of benzene rings is 1. The lowest BCUT2D eigenvalue weighted by Gasteiger charge is -2.36. The SMILES string of the molecule is COc1cccc(N2CCN(C(=O)COC3CCNCC3)CC2)c1. The van der Waals surface area contributed by atoms with E-state index in [0.29, 0.717) is 0 Å². The van der Waals surface area contributed by atoms with E-state index in [2.05, 4.69) is 16.3 Å². The third-order valence-electron chi connectivity index (χ3n) is 4.78. The fourth-order valence-corrected chi connectivity index (χ4v) is 3.26. The topological polar surface area (TPSA) is 54.0 Å². The van der Waals surface area contributed by atoms with Gasteiger partial charge in [-0.1, -0.05) is 6.07 Å². The molecule has 132 valence electrons. The van der Waals surface area contributed by atoms with Crippen LogP contribution in [0.5, 0.6) is 5.75 Å². The Morgan fingerprint density at radius 2 is 1.96 bits per heavy atom. The molecule has 0 bridgehead atoms. The van der Waals surface area contributed by atoms with E-state index < -0.39 is 0 Å². The number of nitrogens with zero attached hydrogens (tertiary/aromatic N) is 2. The number of amides is 1. The quantitative estimate of drug-likeness (QED) is 0.875. The van der Waals surface area contributed by atoms with Crippen LogP contribution in [0.4, 0.5) is 5.69 Å². The normalized spacial score (nSPS) is 19.4. The highest BCUT2D eigenvalue weighted by atomic mass is 16.5. The average Bonchev–Trinajstić information content (AvgIpc) is 2.67. The van der Waals surface area contributed by atoms with E-state index in [4.69, 9.17) is 9.47 Å². The highest BCUT2D eigenvalue weighted by Gasteiger charge is 2.23. The number of rotatable bonds is 5. The first kappa shape index (κ1) is 17.0. The van der Waals surface area contributed by atoms with E-state index in [9.17, 15) is 4.79 Å². The van der Waals surface area contributed by atoms with Crippen LogP contribution in [0.25, 0.3) is 0 Å². The first-order chi connectivity index (χ1) is 11.8. The van der Waals surface area contributed by atoms with Crippen LogP contribution in [0.15, 0.2) is 24.3 Å². The maximum absolute atomic E-state index is 12.3. The average molecular weight is 333 g/mol. The Hall–Kier alpha value is -1.79. The van der Waals surface area contributed by atoms with Crippen molar-refractivity contribution in [3.8, 4) is 5.75 Å². The molecule has 6 nitrogen and oxygen atoms in total. The Kier molecular flexibility index (Phi) is 5.93. The van der Waals surface area contributed by atoms with Gasteiger partial charge in [0.05, 0.1) is 13.2 Å². The van der Waals surface area contributed by atoms with Gasteiger partial charge in [-0.05, 0) is 38.1 Å². The van der Waals surface area contributed by atoms with Gasteiger partial charge in [0.1, 0.15) is 12.4 Å². The number of anilines is 1. The summed E-state index contributed by atoms with van der Waals surface area (Å²) in [6, 6.07) is 8.07. The van der Waals surface area contributed by atoms with Crippen molar-refractivity contribution >= 4 is 11.6 Å². The second kappa shape index (κ2) is 8.35. The highest BCUT2D eigenvalue weighted by molar-refractivity contribution is 5.77. The van der Waals surface area contributed by atoms with E-state index in [0.717, 1.165) is 63.5 Å². The fraction of sp³-hybridized carbons (Fsp3) is 0.611. The van der Waals surface area contributed by atoms with E-state index >= 15 is 0 Å². The van der Waals surface area contributed by atoms with Gasteiger partial charge in [-0.15, -0.1) is 0 Å². The van der Waals surface area contributed by atoms with Gasteiger partial charge in [-0.2, -0.15) is 0 Å². The van der Waals surface area contributed by atoms with Crippen LogP contribution >= 0.6 is 0 Å². The van der Waals surface area contributed by atoms with Crippen molar-refractivity contribution in [1.29, 1.82) is 0 Å². The molecule has 0 unspecified atom stereocenters. The molecule has 1 N–H and O–H groups in total. The molecule has 0 atom stereocenters. The summed E-state index contributed by atoms with van der Waals surface area (Å²) < 4.78 is 11.1. The standard InChI is InChI=1S/C18H27N3O3/c1-23-17-4-2-3-15(13-17)20-9-11-21(12-10-20)18(22)14-24-16-5-7-19-8-6-16/h2-4,13,16,19H,5-12,14H2,1H3. The summed E-state index contributed by atoms with van der Waals surface area (Å²) in [5.74, 6) is 0.972. The smallest absolute Gasteiger partial charge is 0.248 e. The van der Waals surface area contributed by atoms with Crippen molar-refractivity contribution in [3.05, 3.63) is 24.3 Å². The zero-order valence-electron chi connectivity index (χ0n) is 14.4. The van der Waals surface area contributed by atoms with Gasteiger partial charge in [0.2, 0.25) is 5.91 Å². The molecule has 0 aliphatic carbocycles. The molecule has 6 heteroatoms. The monoisotopic (exact) mass is 333 g/mol. The van der Waals surface area contributed by atoms with Gasteiger partial charge in [0.25, 0.3) is 0 Å². The molecule has 2 saturated heterocycles. The molecular formula is C18H27N3O3. The van der Waals surface area contributed by atoms with Crippen LogP contribution in [0.1, 0.15) is 12.8 Å². The number of methoxy groups -OCH3 is 1. The molecule has 0 aromatic heterocycles. The summed E-state index contributed by atoms with van der Waals surface area (Å²) in [5, 5.41) is 3.30. The van der Waals surface area contributed by atoms with E-state index in [1.165, 1.54) is 0 Å². The molecule has 1 amide bonds. The summed E-state index contributed by atoms with van der Waals surface area (Å²) in [7, 11) is 1.68. The Labute approximate surface area is 143 Å². The van der Waals surface area contributed by atoms with E-state index in [-0.39, 0.29) is 18.6 Å². The Morgan fingerprint density at radius 3 is 2.67 bits per heavy atom. The van der Waals surface area contributed by atoms with Crippen LogP contribution in [-0.2, 0) is 9.53 Å². The van der Waals surface area contributed by atoms with Crippen molar-refractivity contribution in [3.63, 3.8) is 0 Å². The first-order valence-corrected chi connectivity index (χ1v) is 8.75. The third-order valence-corrected chi connectivity index (χ3v) is 4.78.